The average molecular weight is 494 g/mol. The Balaban J connectivity index is 1.59. The Bertz CT molecular complexity index is 1370. The fourth-order valence-electron chi connectivity index (χ4n) is 2.91. The van der Waals surface area contributed by atoms with Crippen molar-refractivity contribution in [3.05, 3.63) is 80.2 Å². The van der Waals surface area contributed by atoms with Gasteiger partial charge in [-0.05, 0) is 39.0 Å². The summed E-state index contributed by atoms with van der Waals surface area (Å²) in [6, 6.07) is 4.91. The van der Waals surface area contributed by atoms with Crippen molar-refractivity contribution in [2.75, 3.05) is 0 Å². The van der Waals surface area contributed by atoms with Crippen LogP contribution in [0.1, 0.15) is 30.1 Å². The van der Waals surface area contributed by atoms with E-state index in [9.17, 15) is 18.7 Å². The molecule has 4 aromatic rings. The minimum absolute atomic E-state index is 0.0790. The maximum absolute atomic E-state index is 13.9. The van der Waals surface area contributed by atoms with Crippen molar-refractivity contribution in [2.45, 2.75) is 32.9 Å². The number of aromatic nitrogens is 5. The normalized spacial score (nSPS) is 11.7. The first-order valence-electron chi connectivity index (χ1n) is 9.66. The molecule has 0 amide bonds. The van der Waals surface area contributed by atoms with Gasteiger partial charge in [0.25, 0.3) is 0 Å². The highest BCUT2D eigenvalue weighted by molar-refractivity contribution is 7.13. The highest BCUT2D eigenvalue weighted by atomic mass is 35.5. The van der Waals surface area contributed by atoms with Gasteiger partial charge in [-0.15, -0.1) is 0 Å². The van der Waals surface area contributed by atoms with Crippen LogP contribution in [0, 0.1) is 18.6 Å². The fraction of sp³-hybridized carbons (Fsp3) is 0.238. The molecule has 12 heteroatoms. The zero-order valence-corrected chi connectivity index (χ0v) is 19.3. The van der Waals surface area contributed by atoms with Crippen LogP contribution in [-0.4, -0.2) is 29.4 Å². The molecule has 0 aliphatic rings. The molecule has 1 aromatic carbocycles. The second-order valence-electron chi connectivity index (χ2n) is 7.69. The number of aryl methyl sites for hydroxylation is 1. The van der Waals surface area contributed by atoms with E-state index in [2.05, 4.69) is 15.1 Å². The predicted molar refractivity (Wildman–Crippen MR) is 118 cm³/mol. The van der Waals surface area contributed by atoms with Crippen molar-refractivity contribution >= 4 is 22.9 Å². The summed E-state index contributed by atoms with van der Waals surface area (Å²) in [5.41, 5.74) is -1.19. The van der Waals surface area contributed by atoms with Gasteiger partial charge in [-0.3, -0.25) is 4.57 Å². The summed E-state index contributed by atoms with van der Waals surface area (Å²) in [7, 11) is 0. The molecule has 0 spiro atoms. The number of thiazole rings is 1. The van der Waals surface area contributed by atoms with Gasteiger partial charge in [0.05, 0.1) is 24.1 Å². The summed E-state index contributed by atoms with van der Waals surface area (Å²) >= 11 is 7.47. The number of hydrogen-bond acceptors (Lipinski definition) is 7. The van der Waals surface area contributed by atoms with Gasteiger partial charge in [0.1, 0.15) is 33.6 Å². The third-order valence-corrected chi connectivity index (χ3v) is 6.25. The molecule has 1 N–H and O–H groups in total. The highest BCUT2D eigenvalue weighted by Gasteiger charge is 2.24. The van der Waals surface area contributed by atoms with Gasteiger partial charge in [0.2, 0.25) is 10.9 Å². The second-order valence-corrected chi connectivity index (χ2v) is 9.06. The summed E-state index contributed by atoms with van der Waals surface area (Å²) in [6.07, 6.45) is 2.50. The SMILES string of the molecule is Cc1nc(C(C)(C)O)sc1Oc1ncc(-n2ncn(Cc3c(F)cccc3F)c2=O)cc1Cl. The Morgan fingerprint density at radius 3 is 2.58 bits per heavy atom. The largest absolute Gasteiger partial charge is 0.425 e. The summed E-state index contributed by atoms with van der Waals surface area (Å²) in [4.78, 5) is 21.2. The van der Waals surface area contributed by atoms with Crippen LogP contribution in [0.15, 0.2) is 41.6 Å². The van der Waals surface area contributed by atoms with E-state index in [0.717, 1.165) is 21.4 Å². The van der Waals surface area contributed by atoms with Crippen LogP contribution in [0.2, 0.25) is 5.02 Å². The van der Waals surface area contributed by atoms with E-state index < -0.39 is 22.9 Å². The highest BCUT2D eigenvalue weighted by Crippen LogP contribution is 2.37. The first-order chi connectivity index (χ1) is 15.5. The Morgan fingerprint density at radius 1 is 1.27 bits per heavy atom. The smallest absolute Gasteiger partial charge is 0.350 e. The molecule has 0 aliphatic heterocycles. The van der Waals surface area contributed by atoms with Crippen molar-refractivity contribution in [3.63, 3.8) is 0 Å². The second kappa shape index (κ2) is 8.65. The van der Waals surface area contributed by atoms with Crippen LogP contribution in [0.25, 0.3) is 5.69 Å². The number of pyridine rings is 1. The molecule has 172 valence electrons. The number of benzene rings is 1. The molecule has 0 unspecified atom stereocenters. The molecule has 3 aromatic heterocycles. The quantitative estimate of drug-likeness (QED) is 0.432. The summed E-state index contributed by atoms with van der Waals surface area (Å²) in [5.74, 6) is -1.44. The van der Waals surface area contributed by atoms with Gasteiger partial charge in [0.15, 0.2) is 0 Å². The molecular weight excluding hydrogens is 476 g/mol. The molecule has 0 fully saturated rings. The van der Waals surface area contributed by atoms with Crippen molar-refractivity contribution in [1.29, 1.82) is 0 Å². The molecule has 0 aliphatic carbocycles. The molecule has 3 heterocycles. The Labute approximate surface area is 195 Å². The van der Waals surface area contributed by atoms with Crippen LogP contribution < -0.4 is 10.4 Å². The molecular formula is C21H18ClF2N5O3S. The molecule has 8 nitrogen and oxygen atoms in total. The third-order valence-electron chi connectivity index (χ3n) is 4.63. The van der Waals surface area contributed by atoms with Crippen LogP contribution in [0.3, 0.4) is 0 Å². The standard InChI is InChI=1S/C21H18ClF2N5O3S/c1-11-18(33-19(27-11)21(2,3)31)32-17-14(22)7-12(8-25-17)29-20(30)28(10-26-29)9-13-15(23)5-4-6-16(13)24/h4-8,10,31H,9H2,1-3H3. The average Bonchev–Trinajstić information content (AvgIpc) is 3.29. The van der Waals surface area contributed by atoms with Gasteiger partial charge < -0.3 is 9.84 Å². The van der Waals surface area contributed by atoms with Gasteiger partial charge in [0, 0.05) is 5.56 Å². The van der Waals surface area contributed by atoms with E-state index in [1.165, 1.54) is 36.0 Å². The lowest BCUT2D eigenvalue weighted by molar-refractivity contribution is 0.0781. The summed E-state index contributed by atoms with van der Waals surface area (Å²) < 4.78 is 35.7. The number of ether oxygens (including phenoxy) is 1. The monoisotopic (exact) mass is 493 g/mol. The third kappa shape index (κ3) is 4.65. The Kier molecular flexibility index (Phi) is 6.04. The van der Waals surface area contributed by atoms with Crippen molar-refractivity contribution in [2.24, 2.45) is 0 Å². The molecule has 4 rings (SSSR count). The lowest BCUT2D eigenvalue weighted by Crippen LogP contribution is -2.24. The fourth-order valence-corrected chi connectivity index (χ4v) is 4.03. The molecule has 0 saturated carbocycles. The molecule has 0 radical (unpaired) electrons. The predicted octanol–water partition coefficient (Wildman–Crippen LogP) is 4.19. The maximum atomic E-state index is 13.9. The summed E-state index contributed by atoms with van der Waals surface area (Å²) in [5, 5.41) is 15.1. The van der Waals surface area contributed by atoms with E-state index in [1.807, 2.05) is 0 Å². The molecule has 0 atom stereocenters. The number of aliphatic hydroxyl groups is 1. The minimum atomic E-state index is -1.12. The number of hydrogen-bond donors (Lipinski definition) is 1. The van der Waals surface area contributed by atoms with Crippen molar-refractivity contribution in [3.8, 4) is 16.6 Å². The first kappa shape index (κ1) is 23.0. The van der Waals surface area contributed by atoms with E-state index >= 15 is 0 Å². The van der Waals surface area contributed by atoms with Crippen molar-refractivity contribution in [1.82, 2.24) is 24.3 Å². The molecule has 0 saturated heterocycles. The van der Waals surface area contributed by atoms with E-state index in [4.69, 9.17) is 16.3 Å². The van der Waals surface area contributed by atoms with Crippen LogP contribution in [0.5, 0.6) is 10.9 Å². The van der Waals surface area contributed by atoms with Gasteiger partial charge >= 0.3 is 5.69 Å². The molecule has 33 heavy (non-hydrogen) atoms. The van der Waals surface area contributed by atoms with Crippen LogP contribution in [-0.2, 0) is 12.1 Å². The van der Waals surface area contributed by atoms with E-state index in [-0.39, 0.29) is 28.7 Å². The van der Waals surface area contributed by atoms with E-state index in [1.54, 1.807) is 20.8 Å². The maximum Gasteiger partial charge on any atom is 0.350 e. The zero-order chi connectivity index (χ0) is 23.9. The van der Waals surface area contributed by atoms with Crippen LogP contribution in [0.4, 0.5) is 8.78 Å². The first-order valence-corrected chi connectivity index (χ1v) is 10.9. The Hall–Kier alpha value is -3.15. The van der Waals surface area contributed by atoms with E-state index in [0.29, 0.717) is 15.8 Å². The van der Waals surface area contributed by atoms with Gasteiger partial charge in [-0.2, -0.15) is 9.78 Å². The number of nitrogens with zero attached hydrogens (tertiary/aromatic N) is 5. The number of halogens is 3. The Morgan fingerprint density at radius 2 is 1.97 bits per heavy atom. The van der Waals surface area contributed by atoms with Gasteiger partial charge in [-0.1, -0.05) is 29.0 Å². The van der Waals surface area contributed by atoms with Gasteiger partial charge in [-0.25, -0.2) is 23.5 Å². The summed E-state index contributed by atoms with van der Waals surface area (Å²) in [6.45, 7) is 4.64. The molecule has 0 bridgehead atoms. The zero-order valence-electron chi connectivity index (χ0n) is 17.7. The van der Waals surface area contributed by atoms with Crippen LogP contribution >= 0.6 is 22.9 Å². The minimum Gasteiger partial charge on any atom is -0.425 e. The van der Waals surface area contributed by atoms with Crippen molar-refractivity contribution < 1.29 is 18.6 Å². The topological polar surface area (TPSA) is 95.1 Å². The lowest BCUT2D eigenvalue weighted by Gasteiger charge is -2.12. The lowest BCUT2D eigenvalue weighted by atomic mass is 10.2. The number of rotatable bonds is 6.